The lowest BCUT2D eigenvalue weighted by Crippen LogP contribution is -2.45. The Bertz CT molecular complexity index is 1500. The Kier molecular flexibility index (Phi) is 83.3. The minimum Gasteiger partial charge on any atom is -0.466 e. The Morgan fingerprint density at radius 3 is 0.747 bits per heavy atom. The first kappa shape index (κ1) is 93.3. The van der Waals surface area contributed by atoms with Gasteiger partial charge in [-0.1, -0.05) is 462 Å². The van der Waals surface area contributed by atoms with E-state index in [1.807, 2.05) is 6.08 Å². The van der Waals surface area contributed by atoms with Gasteiger partial charge >= 0.3 is 5.97 Å². The number of aliphatic hydroxyl groups is 2. The standard InChI is InChI=1S/C89H173NO5/c1-3-5-7-9-11-13-15-17-19-20-21-22-23-39-42-45-48-51-54-57-61-65-69-73-77-81-87(92)86(85-91)90-88(93)82-78-74-70-66-62-58-55-52-49-46-43-40-37-35-33-31-29-27-25-24-26-28-30-32-34-36-38-41-44-47-50-53-56-60-64-68-72-76-80-84-95-89(94)83-79-75-71-67-63-59-18-16-14-12-10-8-6-4-2/h24-25,77,81,86-87,91-92H,3-23,26-76,78-80,82-85H2,1-2H3,(H,90,93)/b25-24-,81-77+. The monoisotopic (exact) mass is 1340 g/mol. The molecule has 0 aromatic rings. The summed E-state index contributed by atoms with van der Waals surface area (Å²) in [5.74, 6) is -0.0318. The summed E-state index contributed by atoms with van der Waals surface area (Å²) in [5, 5.41) is 23.3. The average molecular weight is 1340 g/mol. The van der Waals surface area contributed by atoms with Crippen molar-refractivity contribution in [2.24, 2.45) is 0 Å². The van der Waals surface area contributed by atoms with Gasteiger partial charge in [0.05, 0.1) is 25.4 Å². The van der Waals surface area contributed by atoms with Gasteiger partial charge in [0.25, 0.3) is 0 Å². The fourth-order valence-electron chi connectivity index (χ4n) is 14.3. The molecule has 0 aliphatic rings. The van der Waals surface area contributed by atoms with Crippen molar-refractivity contribution in [3.05, 3.63) is 24.3 Å². The maximum atomic E-state index is 12.6. The van der Waals surface area contributed by atoms with Crippen LogP contribution >= 0.6 is 0 Å². The number of carbonyl (C=O) groups excluding carboxylic acids is 2. The van der Waals surface area contributed by atoms with Gasteiger partial charge < -0.3 is 20.3 Å². The van der Waals surface area contributed by atoms with E-state index in [0.717, 1.165) is 38.5 Å². The maximum Gasteiger partial charge on any atom is 0.305 e. The number of hydrogen-bond acceptors (Lipinski definition) is 5. The van der Waals surface area contributed by atoms with E-state index in [1.165, 1.54) is 443 Å². The highest BCUT2D eigenvalue weighted by Crippen LogP contribution is 2.21. The van der Waals surface area contributed by atoms with Crippen LogP contribution in [0.1, 0.15) is 508 Å². The molecule has 6 nitrogen and oxygen atoms in total. The van der Waals surface area contributed by atoms with Gasteiger partial charge in [0.15, 0.2) is 0 Å². The molecule has 3 N–H and O–H groups in total. The van der Waals surface area contributed by atoms with Crippen LogP contribution in [0.2, 0.25) is 0 Å². The van der Waals surface area contributed by atoms with Crippen LogP contribution in [-0.4, -0.2) is 47.4 Å². The van der Waals surface area contributed by atoms with Crippen molar-refractivity contribution < 1.29 is 24.5 Å². The van der Waals surface area contributed by atoms with Crippen LogP contribution in [0.25, 0.3) is 0 Å². The SMILES string of the molecule is CCCCCCCCCCCCCCCCCCCCCCCCC/C=C/C(O)C(CO)NC(=O)CCCCCCCCCCCCCCCCCCC/C=C\CCCCCCCCCCCCCCCCCCCCOC(=O)CCCCCCCCCCCCCCCC. The Hall–Kier alpha value is -1.66. The van der Waals surface area contributed by atoms with Gasteiger partial charge in [-0.2, -0.15) is 0 Å². The van der Waals surface area contributed by atoms with E-state index in [0.29, 0.717) is 19.4 Å². The Morgan fingerprint density at radius 2 is 0.495 bits per heavy atom. The fraction of sp³-hybridized carbons (Fsp3) is 0.933. The molecule has 0 aromatic heterocycles. The normalized spacial score (nSPS) is 12.5. The second-order valence-electron chi connectivity index (χ2n) is 30.6. The molecule has 6 heteroatoms. The van der Waals surface area contributed by atoms with Gasteiger partial charge in [-0.3, -0.25) is 9.59 Å². The molecule has 1 amide bonds. The molecule has 0 fully saturated rings. The number of rotatable bonds is 84. The zero-order chi connectivity index (χ0) is 68.4. The van der Waals surface area contributed by atoms with Crippen LogP contribution in [-0.2, 0) is 14.3 Å². The van der Waals surface area contributed by atoms with Crippen LogP contribution in [0, 0.1) is 0 Å². The summed E-state index contributed by atoms with van der Waals surface area (Å²) in [6, 6.07) is -0.626. The summed E-state index contributed by atoms with van der Waals surface area (Å²) >= 11 is 0. The van der Waals surface area contributed by atoms with Gasteiger partial charge in [-0.25, -0.2) is 0 Å². The highest BCUT2D eigenvalue weighted by atomic mass is 16.5. The van der Waals surface area contributed by atoms with Gasteiger partial charge in [0.1, 0.15) is 0 Å². The molecule has 0 aliphatic heterocycles. The Labute approximate surface area is 596 Å². The summed E-state index contributed by atoms with van der Waals surface area (Å²) in [5.41, 5.74) is 0. The molecule has 0 rings (SSSR count). The highest BCUT2D eigenvalue weighted by molar-refractivity contribution is 5.76. The Balaban J connectivity index is 3.34. The summed E-state index contributed by atoms with van der Waals surface area (Å²) < 4.78 is 5.51. The third kappa shape index (κ3) is 81.2. The van der Waals surface area contributed by atoms with Crippen LogP contribution in [0.15, 0.2) is 24.3 Å². The molecule has 0 spiro atoms. The van der Waals surface area contributed by atoms with Crippen molar-refractivity contribution in [2.45, 2.75) is 520 Å². The number of amides is 1. The number of aliphatic hydroxyl groups excluding tert-OH is 2. The highest BCUT2D eigenvalue weighted by Gasteiger charge is 2.18. The molecule has 2 atom stereocenters. The molecule has 0 saturated heterocycles. The first-order valence-corrected chi connectivity index (χ1v) is 44.1. The van der Waals surface area contributed by atoms with E-state index in [-0.39, 0.29) is 18.5 Å². The summed E-state index contributed by atoms with van der Waals surface area (Å²) in [7, 11) is 0. The lowest BCUT2D eigenvalue weighted by molar-refractivity contribution is -0.143. The minimum atomic E-state index is -0.843. The summed E-state index contributed by atoms with van der Waals surface area (Å²) in [6.07, 6.45) is 111. The first-order valence-electron chi connectivity index (χ1n) is 44.1. The van der Waals surface area contributed by atoms with Gasteiger partial charge in [-0.05, 0) is 57.8 Å². The van der Waals surface area contributed by atoms with E-state index in [9.17, 15) is 19.8 Å². The van der Waals surface area contributed by atoms with E-state index < -0.39 is 12.1 Å². The predicted molar refractivity (Wildman–Crippen MR) is 421 cm³/mol. The molecule has 564 valence electrons. The first-order chi connectivity index (χ1) is 47.0. The third-order valence-corrected chi connectivity index (χ3v) is 21.0. The van der Waals surface area contributed by atoms with E-state index >= 15 is 0 Å². The molecule has 0 radical (unpaired) electrons. The van der Waals surface area contributed by atoms with E-state index in [4.69, 9.17) is 4.74 Å². The maximum absolute atomic E-state index is 12.6. The van der Waals surface area contributed by atoms with Crippen LogP contribution in [0.4, 0.5) is 0 Å². The van der Waals surface area contributed by atoms with E-state index in [2.05, 4.69) is 31.3 Å². The molecule has 0 bridgehead atoms. The zero-order valence-corrected chi connectivity index (χ0v) is 64.9. The van der Waals surface area contributed by atoms with Gasteiger partial charge in [-0.15, -0.1) is 0 Å². The van der Waals surface area contributed by atoms with E-state index in [1.54, 1.807) is 6.08 Å². The summed E-state index contributed by atoms with van der Waals surface area (Å²) in [4.78, 5) is 24.7. The minimum absolute atomic E-state index is 0.0257. The van der Waals surface area contributed by atoms with Crippen LogP contribution in [0.5, 0.6) is 0 Å². The Morgan fingerprint density at radius 1 is 0.284 bits per heavy atom. The smallest absolute Gasteiger partial charge is 0.305 e. The zero-order valence-electron chi connectivity index (χ0n) is 64.9. The summed E-state index contributed by atoms with van der Waals surface area (Å²) in [6.45, 7) is 4.97. The molecule has 0 aromatic carbocycles. The molecule has 95 heavy (non-hydrogen) atoms. The second kappa shape index (κ2) is 84.8. The molecular weight excluding hydrogens is 1160 g/mol. The van der Waals surface area contributed by atoms with Crippen molar-refractivity contribution in [3.8, 4) is 0 Å². The fourth-order valence-corrected chi connectivity index (χ4v) is 14.3. The van der Waals surface area contributed by atoms with Crippen LogP contribution in [0.3, 0.4) is 0 Å². The third-order valence-electron chi connectivity index (χ3n) is 21.0. The van der Waals surface area contributed by atoms with Gasteiger partial charge in [0.2, 0.25) is 5.91 Å². The van der Waals surface area contributed by atoms with Crippen molar-refractivity contribution in [1.82, 2.24) is 5.32 Å². The number of carbonyl (C=O) groups is 2. The van der Waals surface area contributed by atoms with Crippen molar-refractivity contribution in [3.63, 3.8) is 0 Å². The second-order valence-corrected chi connectivity index (χ2v) is 30.6. The molecule has 0 saturated carbocycles. The number of allylic oxidation sites excluding steroid dienone is 3. The number of ether oxygens (including phenoxy) is 1. The average Bonchev–Trinajstić information content (AvgIpc) is 3.70. The van der Waals surface area contributed by atoms with Gasteiger partial charge in [0, 0.05) is 12.8 Å². The van der Waals surface area contributed by atoms with Crippen molar-refractivity contribution in [2.75, 3.05) is 13.2 Å². The number of nitrogens with one attached hydrogen (secondary N) is 1. The molecular formula is C89H173NO5. The molecule has 2 unspecified atom stereocenters. The lowest BCUT2D eigenvalue weighted by Gasteiger charge is -2.20. The number of unbranched alkanes of at least 4 members (excludes halogenated alkanes) is 71. The molecule has 0 heterocycles. The largest absolute Gasteiger partial charge is 0.466 e. The van der Waals surface area contributed by atoms with Crippen molar-refractivity contribution in [1.29, 1.82) is 0 Å². The quantitative estimate of drug-likeness (QED) is 0.0320. The number of esters is 1. The van der Waals surface area contributed by atoms with Crippen molar-refractivity contribution >= 4 is 11.9 Å². The molecule has 0 aliphatic carbocycles. The topological polar surface area (TPSA) is 95.9 Å². The lowest BCUT2D eigenvalue weighted by atomic mass is 10.0. The van der Waals surface area contributed by atoms with Crippen LogP contribution < -0.4 is 5.32 Å². The predicted octanol–water partition coefficient (Wildman–Crippen LogP) is 29.6. The number of hydrogen-bond donors (Lipinski definition) is 3.